The van der Waals surface area contributed by atoms with Gasteiger partial charge < -0.3 is 10.4 Å². The smallest absolute Gasteiger partial charge is 0.296 e. The van der Waals surface area contributed by atoms with Gasteiger partial charge in [0, 0.05) is 13.1 Å². The molecule has 0 aliphatic carbocycles. The van der Waals surface area contributed by atoms with Crippen molar-refractivity contribution in [2.45, 2.75) is 31.7 Å². The van der Waals surface area contributed by atoms with Crippen LogP contribution < -0.4 is 10.9 Å². The van der Waals surface area contributed by atoms with Gasteiger partial charge in [-0.1, -0.05) is 6.07 Å². The summed E-state index contributed by atoms with van der Waals surface area (Å²) in [6.07, 6.45) is 2.63. The molecule has 4 rings (SSSR count). The van der Waals surface area contributed by atoms with Crippen LogP contribution in [-0.4, -0.2) is 49.5 Å². The Morgan fingerprint density at radius 3 is 2.78 bits per heavy atom. The minimum Gasteiger partial charge on any atom is -0.501 e. The first-order valence-corrected chi connectivity index (χ1v) is 11.2. The Kier molecular flexibility index (Phi) is 5.07. The lowest BCUT2D eigenvalue weighted by atomic mass is 10.1. The number of hydrogen-bond donors (Lipinski definition) is 2. The van der Waals surface area contributed by atoms with E-state index in [1.165, 1.54) is 49.4 Å². The topological polar surface area (TPSA) is 149 Å². The highest BCUT2D eigenvalue weighted by molar-refractivity contribution is 7.92. The molecule has 13 heteroatoms. The van der Waals surface area contributed by atoms with Crippen LogP contribution in [0.5, 0.6) is 5.75 Å². The summed E-state index contributed by atoms with van der Waals surface area (Å²) in [5, 5.41) is 16.8. The lowest BCUT2D eigenvalue weighted by Crippen LogP contribution is -2.46. The summed E-state index contributed by atoms with van der Waals surface area (Å²) >= 11 is 0. The van der Waals surface area contributed by atoms with Crippen LogP contribution in [0.3, 0.4) is 0 Å². The maximum Gasteiger partial charge on any atom is 0.296 e. The van der Waals surface area contributed by atoms with Crippen molar-refractivity contribution >= 4 is 15.7 Å². The van der Waals surface area contributed by atoms with Crippen molar-refractivity contribution < 1.29 is 22.7 Å². The quantitative estimate of drug-likeness (QED) is 0.561. The number of fused-ring (bicyclic) bond motifs is 1. The summed E-state index contributed by atoms with van der Waals surface area (Å²) in [7, 11) is -3.62. The summed E-state index contributed by atoms with van der Waals surface area (Å²) in [4.78, 5) is 33.2. The molecule has 0 radical (unpaired) electrons. The van der Waals surface area contributed by atoms with Gasteiger partial charge in [0.1, 0.15) is 29.0 Å². The minimum atomic E-state index is -3.62. The first-order valence-electron chi connectivity index (χ1n) is 9.51. The van der Waals surface area contributed by atoms with Crippen LogP contribution in [0.1, 0.15) is 35.7 Å². The molecule has 0 saturated heterocycles. The second-order valence-electron chi connectivity index (χ2n) is 7.71. The molecule has 0 fully saturated rings. The first kappa shape index (κ1) is 21.6. The van der Waals surface area contributed by atoms with Crippen molar-refractivity contribution in [3.63, 3.8) is 0 Å². The molecule has 1 aliphatic heterocycles. The molecular weight excluding hydrogens is 443 g/mol. The van der Waals surface area contributed by atoms with Gasteiger partial charge in [-0.2, -0.15) is 5.10 Å². The molecular formula is C19H19FN6O5S. The SMILES string of the molecule is CC1(C)c2nc(C(=O)NCc3ccc(F)cc3-n3cncn3)c(O)c(=O)n2CCS1(=O)=O. The Hall–Kier alpha value is -3.61. The van der Waals surface area contributed by atoms with Crippen molar-refractivity contribution in [2.75, 3.05) is 5.75 Å². The zero-order chi connectivity index (χ0) is 23.3. The van der Waals surface area contributed by atoms with Crippen LogP contribution in [0.25, 0.3) is 5.69 Å². The highest BCUT2D eigenvalue weighted by Gasteiger charge is 2.44. The normalized spacial score (nSPS) is 16.3. The highest BCUT2D eigenvalue weighted by atomic mass is 32.2. The van der Waals surface area contributed by atoms with Crippen LogP contribution in [0, 0.1) is 5.82 Å². The van der Waals surface area contributed by atoms with E-state index >= 15 is 0 Å². The van der Waals surface area contributed by atoms with Gasteiger partial charge in [0.2, 0.25) is 5.75 Å². The van der Waals surface area contributed by atoms with Crippen molar-refractivity contribution in [1.82, 2.24) is 29.6 Å². The van der Waals surface area contributed by atoms with E-state index in [1.807, 2.05) is 0 Å². The number of nitrogens with zero attached hydrogens (tertiary/aromatic N) is 5. The molecule has 0 bridgehead atoms. The number of halogens is 1. The fourth-order valence-corrected chi connectivity index (χ4v) is 4.83. The molecule has 3 aromatic rings. The Bertz CT molecular complexity index is 1380. The standard InChI is InChI=1S/C19H19FN6O5S/c1-19(2)18-24-14(15(27)17(29)25(18)5-6-32(19,30)31)16(28)22-8-11-3-4-12(20)7-13(11)26-10-21-9-23-26/h3-4,7,9-10,27H,5-6,8H2,1-2H3,(H,22,28). The summed E-state index contributed by atoms with van der Waals surface area (Å²) in [5.41, 5.74) is -0.677. The summed E-state index contributed by atoms with van der Waals surface area (Å²) in [6.45, 7) is 2.50. The number of carbonyl (C=O) groups excluding carboxylic acids is 1. The van der Waals surface area contributed by atoms with E-state index in [0.29, 0.717) is 11.3 Å². The zero-order valence-corrected chi connectivity index (χ0v) is 17.9. The Morgan fingerprint density at radius 1 is 1.34 bits per heavy atom. The number of amides is 1. The number of rotatable bonds is 4. The van der Waals surface area contributed by atoms with E-state index in [1.54, 1.807) is 0 Å². The molecule has 2 aromatic heterocycles. The Labute approximate surface area is 181 Å². The predicted molar refractivity (Wildman–Crippen MR) is 109 cm³/mol. The Balaban J connectivity index is 1.68. The lowest BCUT2D eigenvalue weighted by molar-refractivity contribution is 0.0941. The van der Waals surface area contributed by atoms with Gasteiger partial charge in [0.05, 0.1) is 11.4 Å². The number of aromatic hydroxyl groups is 1. The highest BCUT2D eigenvalue weighted by Crippen LogP contribution is 2.33. The largest absolute Gasteiger partial charge is 0.501 e. The van der Waals surface area contributed by atoms with E-state index in [0.717, 1.165) is 4.57 Å². The molecule has 3 heterocycles. The lowest BCUT2D eigenvalue weighted by Gasteiger charge is -2.32. The molecule has 0 saturated carbocycles. The second kappa shape index (κ2) is 7.51. The van der Waals surface area contributed by atoms with Crippen molar-refractivity contribution in [3.8, 4) is 11.4 Å². The number of aromatic nitrogens is 5. The van der Waals surface area contributed by atoms with E-state index in [2.05, 4.69) is 20.4 Å². The van der Waals surface area contributed by atoms with Crippen molar-refractivity contribution in [2.24, 2.45) is 0 Å². The molecule has 0 unspecified atom stereocenters. The van der Waals surface area contributed by atoms with Crippen molar-refractivity contribution in [3.05, 3.63) is 64.1 Å². The number of carbonyl (C=O) groups is 1. The Morgan fingerprint density at radius 2 is 2.09 bits per heavy atom. The number of sulfone groups is 1. The van der Waals surface area contributed by atoms with Gasteiger partial charge in [0.15, 0.2) is 15.5 Å². The first-order chi connectivity index (χ1) is 15.0. The second-order valence-corrected chi connectivity index (χ2v) is 10.4. The minimum absolute atomic E-state index is 0.116. The molecule has 2 N–H and O–H groups in total. The van der Waals surface area contributed by atoms with Gasteiger partial charge in [-0.3, -0.25) is 14.2 Å². The van der Waals surface area contributed by atoms with Gasteiger partial charge in [-0.25, -0.2) is 27.5 Å². The van der Waals surface area contributed by atoms with Crippen LogP contribution in [-0.2, 0) is 27.7 Å². The van der Waals surface area contributed by atoms with Gasteiger partial charge >= 0.3 is 0 Å². The average molecular weight is 462 g/mol. The van der Waals surface area contributed by atoms with E-state index < -0.39 is 43.3 Å². The number of hydrogen-bond acceptors (Lipinski definition) is 8. The summed E-state index contributed by atoms with van der Waals surface area (Å²) < 4.78 is 39.5. The summed E-state index contributed by atoms with van der Waals surface area (Å²) in [6, 6.07) is 3.86. The molecule has 168 valence electrons. The van der Waals surface area contributed by atoms with E-state index in [9.17, 15) is 27.5 Å². The molecule has 1 aliphatic rings. The molecule has 1 aromatic carbocycles. The third-order valence-corrected chi connectivity index (χ3v) is 7.87. The van der Waals surface area contributed by atoms with Crippen LogP contribution in [0.2, 0.25) is 0 Å². The van der Waals surface area contributed by atoms with Gasteiger partial charge in [-0.15, -0.1) is 0 Å². The maximum absolute atomic E-state index is 13.7. The zero-order valence-electron chi connectivity index (χ0n) is 17.1. The predicted octanol–water partition coefficient (Wildman–Crippen LogP) is 0.262. The molecule has 0 spiro atoms. The van der Waals surface area contributed by atoms with Gasteiger partial charge in [0.25, 0.3) is 11.5 Å². The van der Waals surface area contributed by atoms with E-state index in [4.69, 9.17) is 0 Å². The van der Waals surface area contributed by atoms with Crippen LogP contribution in [0.4, 0.5) is 4.39 Å². The van der Waals surface area contributed by atoms with E-state index in [-0.39, 0.29) is 24.7 Å². The molecule has 0 atom stereocenters. The van der Waals surface area contributed by atoms with Crippen LogP contribution in [0.15, 0.2) is 35.6 Å². The fourth-order valence-electron chi connectivity index (χ4n) is 3.47. The van der Waals surface area contributed by atoms with Crippen molar-refractivity contribution in [1.29, 1.82) is 0 Å². The fraction of sp³-hybridized carbons (Fsp3) is 0.316. The number of benzene rings is 1. The third kappa shape index (κ3) is 3.43. The molecule has 11 nitrogen and oxygen atoms in total. The average Bonchev–Trinajstić information content (AvgIpc) is 3.27. The molecule has 1 amide bonds. The summed E-state index contributed by atoms with van der Waals surface area (Å²) in [5.74, 6) is -2.69. The van der Waals surface area contributed by atoms with Gasteiger partial charge in [-0.05, 0) is 31.5 Å². The monoisotopic (exact) mass is 462 g/mol. The third-order valence-electron chi connectivity index (χ3n) is 5.41. The molecule has 32 heavy (non-hydrogen) atoms. The van der Waals surface area contributed by atoms with Crippen LogP contribution >= 0.6 is 0 Å². The number of nitrogens with one attached hydrogen (secondary N) is 1. The maximum atomic E-state index is 13.7.